The summed E-state index contributed by atoms with van der Waals surface area (Å²) in [5.74, 6) is 0. The van der Waals surface area contributed by atoms with E-state index in [0.29, 0.717) is 0 Å². The number of pyridine rings is 1. The minimum Gasteiger partial charge on any atom is -0.247 e. The second-order valence-electron chi connectivity index (χ2n) is 7.27. The maximum Gasteiger partial charge on any atom is 0.0750 e. The number of benzene rings is 3. The summed E-state index contributed by atoms with van der Waals surface area (Å²) in [7, 11) is 0. The smallest absolute Gasteiger partial charge is 0.0750 e. The molecule has 1 nitrogen and oxygen atoms in total. The first-order valence-electron chi connectivity index (χ1n) is 9.54. The number of aromatic nitrogens is 1. The minimum atomic E-state index is 1.04. The van der Waals surface area contributed by atoms with E-state index < -0.39 is 0 Å². The van der Waals surface area contributed by atoms with Gasteiger partial charge in [-0.3, -0.25) is 0 Å². The van der Waals surface area contributed by atoms with E-state index in [-0.39, 0.29) is 0 Å². The van der Waals surface area contributed by atoms with Crippen LogP contribution in [0.1, 0.15) is 16.7 Å². The SMILES string of the molecule is Cc1ccc(-c2cc(-c3ccccc3)nc3c2CCc2ccccc2-3)cc1. The van der Waals surface area contributed by atoms with Gasteiger partial charge in [-0.05, 0) is 48.1 Å². The molecular weight excluding hydrogens is 326 g/mol. The minimum absolute atomic E-state index is 1.04. The first-order chi connectivity index (χ1) is 13.3. The zero-order valence-corrected chi connectivity index (χ0v) is 15.4. The van der Waals surface area contributed by atoms with Gasteiger partial charge in [-0.2, -0.15) is 0 Å². The maximum atomic E-state index is 5.13. The third-order valence-electron chi connectivity index (χ3n) is 5.47. The molecule has 0 radical (unpaired) electrons. The van der Waals surface area contributed by atoms with Gasteiger partial charge in [-0.25, -0.2) is 4.98 Å². The number of rotatable bonds is 2. The van der Waals surface area contributed by atoms with Crippen LogP contribution in [0.15, 0.2) is 84.9 Å². The second kappa shape index (κ2) is 6.51. The summed E-state index contributed by atoms with van der Waals surface area (Å²) in [5.41, 5.74) is 11.3. The van der Waals surface area contributed by atoms with Gasteiger partial charge in [0.2, 0.25) is 0 Å². The Labute approximate surface area is 160 Å². The molecule has 0 fully saturated rings. The average molecular weight is 347 g/mol. The van der Waals surface area contributed by atoms with Crippen molar-refractivity contribution in [3.05, 3.63) is 102 Å². The monoisotopic (exact) mass is 347 g/mol. The Balaban J connectivity index is 1.79. The lowest BCUT2D eigenvalue weighted by molar-refractivity contribution is 0.930. The molecule has 0 N–H and O–H groups in total. The van der Waals surface area contributed by atoms with Crippen molar-refractivity contribution in [2.45, 2.75) is 19.8 Å². The molecule has 0 spiro atoms. The molecule has 0 bridgehead atoms. The van der Waals surface area contributed by atoms with Gasteiger partial charge in [0.15, 0.2) is 0 Å². The molecule has 1 aromatic heterocycles. The zero-order valence-electron chi connectivity index (χ0n) is 15.4. The second-order valence-corrected chi connectivity index (χ2v) is 7.27. The van der Waals surface area contributed by atoms with E-state index >= 15 is 0 Å². The Morgan fingerprint density at radius 2 is 1.41 bits per heavy atom. The Bertz CT molecular complexity index is 1110. The molecule has 1 aliphatic rings. The highest BCUT2D eigenvalue weighted by molar-refractivity contribution is 5.83. The van der Waals surface area contributed by atoms with Crippen molar-refractivity contribution in [2.24, 2.45) is 0 Å². The maximum absolute atomic E-state index is 5.13. The van der Waals surface area contributed by atoms with Crippen molar-refractivity contribution in [3.8, 4) is 33.6 Å². The van der Waals surface area contributed by atoms with E-state index in [1.54, 1.807) is 0 Å². The van der Waals surface area contributed by atoms with Crippen LogP contribution in [0, 0.1) is 6.92 Å². The van der Waals surface area contributed by atoms with Crippen molar-refractivity contribution in [1.82, 2.24) is 4.98 Å². The van der Waals surface area contributed by atoms with Crippen molar-refractivity contribution < 1.29 is 0 Å². The molecule has 3 aromatic carbocycles. The van der Waals surface area contributed by atoms with Crippen LogP contribution in [0.3, 0.4) is 0 Å². The molecule has 0 atom stereocenters. The predicted octanol–water partition coefficient (Wildman–Crippen LogP) is 6.49. The largest absolute Gasteiger partial charge is 0.247 e. The Morgan fingerprint density at radius 1 is 0.667 bits per heavy atom. The summed E-state index contributed by atoms with van der Waals surface area (Å²) in [6.07, 6.45) is 2.12. The van der Waals surface area contributed by atoms with Crippen LogP contribution in [0.25, 0.3) is 33.6 Å². The van der Waals surface area contributed by atoms with Gasteiger partial charge in [0.1, 0.15) is 0 Å². The zero-order chi connectivity index (χ0) is 18.2. The van der Waals surface area contributed by atoms with Crippen LogP contribution >= 0.6 is 0 Å². The third kappa shape index (κ3) is 2.86. The Morgan fingerprint density at radius 3 is 2.22 bits per heavy atom. The summed E-state index contributed by atoms with van der Waals surface area (Å²) in [4.78, 5) is 5.13. The molecule has 27 heavy (non-hydrogen) atoms. The van der Waals surface area contributed by atoms with Gasteiger partial charge in [0, 0.05) is 11.1 Å². The average Bonchev–Trinajstić information content (AvgIpc) is 2.74. The molecule has 0 saturated carbocycles. The molecule has 1 heterocycles. The molecule has 0 amide bonds. The number of fused-ring (bicyclic) bond motifs is 3. The number of hydrogen-bond donors (Lipinski definition) is 0. The normalized spacial score (nSPS) is 12.3. The van der Waals surface area contributed by atoms with Crippen LogP contribution in [-0.4, -0.2) is 4.98 Å². The molecule has 130 valence electrons. The van der Waals surface area contributed by atoms with Crippen molar-refractivity contribution in [1.29, 1.82) is 0 Å². The highest BCUT2D eigenvalue weighted by atomic mass is 14.7. The van der Waals surface area contributed by atoms with E-state index in [2.05, 4.69) is 91.9 Å². The molecule has 4 aromatic rings. The lowest BCUT2D eigenvalue weighted by atomic mass is 9.84. The predicted molar refractivity (Wildman–Crippen MR) is 113 cm³/mol. The molecule has 5 rings (SSSR count). The van der Waals surface area contributed by atoms with E-state index in [4.69, 9.17) is 4.98 Å². The van der Waals surface area contributed by atoms with Crippen LogP contribution in [-0.2, 0) is 12.8 Å². The molecule has 1 heteroatoms. The number of hydrogen-bond acceptors (Lipinski definition) is 1. The molecule has 1 aliphatic carbocycles. The number of aryl methyl sites for hydroxylation is 2. The van der Waals surface area contributed by atoms with Crippen molar-refractivity contribution in [3.63, 3.8) is 0 Å². The van der Waals surface area contributed by atoms with Crippen LogP contribution in [0.5, 0.6) is 0 Å². The van der Waals surface area contributed by atoms with Gasteiger partial charge in [-0.15, -0.1) is 0 Å². The first kappa shape index (κ1) is 16.0. The fraction of sp³-hybridized carbons (Fsp3) is 0.115. The summed E-state index contributed by atoms with van der Waals surface area (Å²) in [6, 6.07) is 30.3. The molecule has 0 aliphatic heterocycles. The van der Waals surface area contributed by atoms with Crippen molar-refractivity contribution in [2.75, 3.05) is 0 Å². The standard InChI is InChI=1S/C26H21N/c1-18-11-13-20(14-12-18)24-17-25(21-8-3-2-4-9-21)27-26-22-10-6-5-7-19(22)15-16-23(24)26/h2-14,17H,15-16H2,1H3. The lowest BCUT2D eigenvalue weighted by Crippen LogP contribution is -2.08. The van der Waals surface area contributed by atoms with Crippen molar-refractivity contribution >= 4 is 0 Å². The fourth-order valence-electron chi connectivity index (χ4n) is 4.02. The van der Waals surface area contributed by atoms with Gasteiger partial charge in [0.25, 0.3) is 0 Å². The fourth-order valence-corrected chi connectivity index (χ4v) is 4.02. The topological polar surface area (TPSA) is 12.9 Å². The highest BCUT2D eigenvalue weighted by Crippen LogP contribution is 2.39. The Hall–Kier alpha value is -3.19. The van der Waals surface area contributed by atoms with Gasteiger partial charge in [0.05, 0.1) is 11.4 Å². The summed E-state index contributed by atoms with van der Waals surface area (Å²) >= 11 is 0. The highest BCUT2D eigenvalue weighted by Gasteiger charge is 2.22. The van der Waals surface area contributed by atoms with Gasteiger partial charge >= 0.3 is 0 Å². The summed E-state index contributed by atoms with van der Waals surface area (Å²) < 4.78 is 0. The van der Waals surface area contributed by atoms with E-state index in [1.807, 2.05) is 0 Å². The van der Waals surface area contributed by atoms with E-state index in [0.717, 1.165) is 29.8 Å². The quantitative estimate of drug-likeness (QED) is 0.404. The van der Waals surface area contributed by atoms with E-state index in [9.17, 15) is 0 Å². The molecule has 0 saturated heterocycles. The van der Waals surface area contributed by atoms with E-state index in [1.165, 1.54) is 33.4 Å². The van der Waals surface area contributed by atoms with Crippen LogP contribution < -0.4 is 0 Å². The molecule has 0 unspecified atom stereocenters. The van der Waals surface area contributed by atoms with Crippen LogP contribution in [0.2, 0.25) is 0 Å². The van der Waals surface area contributed by atoms with Gasteiger partial charge < -0.3 is 0 Å². The first-order valence-corrected chi connectivity index (χ1v) is 9.54. The lowest BCUT2D eigenvalue weighted by Gasteiger charge is -2.23. The third-order valence-corrected chi connectivity index (χ3v) is 5.47. The van der Waals surface area contributed by atoms with Crippen LogP contribution in [0.4, 0.5) is 0 Å². The summed E-state index contributed by atoms with van der Waals surface area (Å²) in [5, 5.41) is 0. The Kier molecular flexibility index (Phi) is 3.86. The van der Waals surface area contributed by atoms with Gasteiger partial charge in [-0.1, -0.05) is 84.4 Å². The molecular formula is C26H21N. The summed E-state index contributed by atoms with van der Waals surface area (Å²) in [6.45, 7) is 2.14. The number of nitrogens with zero attached hydrogens (tertiary/aromatic N) is 1.